The number of aliphatic hydroxyl groups is 1. The predicted octanol–water partition coefficient (Wildman–Crippen LogP) is -2.79. The maximum Gasteiger partial charge on any atom is 1.00 e. The van der Waals surface area contributed by atoms with Gasteiger partial charge >= 0.3 is 29.6 Å². The third kappa shape index (κ3) is 183. The minimum atomic E-state index is 0. The molecule has 40 valence electrons. The molecule has 0 unspecified atom stereocenters. The Morgan fingerprint density at radius 1 is 1.71 bits per heavy atom. The molecule has 2 nitrogen and oxygen atoms in total. The van der Waals surface area contributed by atoms with Gasteiger partial charge in [0, 0.05) is 23.7 Å². The zero-order chi connectivity index (χ0) is 4.71. The van der Waals surface area contributed by atoms with Crippen LogP contribution >= 0.6 is 0 Å². The Morgan fingerprint density at radius 2 is 1.71 bits per heavy atom. The quantitative estimate of drug-likeness (QED) is 0.301. The summed E-state index contributed by atoms with van der Waals surface area (Å²) in [6.45, 7) is 6.68. The van der Waals surface area contributed by atoms with Gasteiger partial charge in [-0.2, -0.15) is 0 Å². The molecule has 0 saturated heterocycles. The van der Waals surface area contributed by atoms with Crippen molar-refractivity contribution in [1.29, 1.82) is 5.26 Å². The monoisotopic (exact) mass is 152 g/mol. The van der Waals surface area contributed by atoms with Gasteiger partial charge in [0.1, 0.15) is 0 Å². The van der Waals surface area contributed by atoms with Crippen LogP contribution in [0.15, 0.2) is 0 Å². The van der Waals surface area contributed by atoms with Gasteiger partial charge in [0.05, 0.1) is 0 Å². The van der Waals surface area contributed by atoms with E-state index in [4.69, 9.17) is 16.9 Å². The Kier molecular flexibility index (Phi) is 225. The summed E-state index contributed by atoms with van der Waals surface area (Å²) in [6, 6.07) is 0. The fraction of sp³-hybridized carbons (Fsp3) is 0.667. The summed E-state index contributed by atoms with van der Waals surface area (Å²) in [5.41, 5.74) is 0. The van der Waals surface area contributed by atoms with Crippen LogP contribution in [0.5, 0.6) is 0 Å². The smallest absolute Gasteiger partial charge is 1.00 e. The number of nitrogens with zero attached hydrogens (tertiary/aromatic N) is 1. The van der Waals surface area contributed by atoms with E-state index < -0.39 is 0 Å². The topological polar surface area (TPSA) is 44.0 Å². The molecule has 0 atom stereocenters. The van der Waals surface area contributed by atoms with Crippen molar-refractivity contribution >= 4 is 0 Å². The van der Waals surface area contributed by atoms with Crippen molar-refractivity contribution in [1.82, 2.24) is 0 Å². The van der Waals surface area contributed by atoms with Crippen LogP contribution in [0.4, 0.5) is 0 Å². The Balaban J connectivity index is -0.00000000567. The van der Waals surface area contributed by atoms with E-state index in [0.717, 1.165) is 0 Å². The SMILES string of the molecule is CCO.[C-]#N.[Fe].[H-].[Na+]. The van der Waals surface area contributed by atoms with Crippen molar-refractivity contribution in [3.05, 3.63) is 6.57 Å². The summed E-state index contributed by atoms with van der Waals surface area (Å²) >= 11 is 0. The van der Waals surface area contributed by atoms with E-state index in [1.54, 1.807) is 6.92 Å². The third-order valence-electron chi connectivity index (χ3n) is 0. The van der Waals surface area contributed by atoms with Gasteiger partial charge < -0.3 is 18.4 Å². The number of aliphatic hydroxyl groups excluding tert-OH is 1. The predicted molar refractivity (Wildman–Crippen MR) is 18.8 cm³/mol. The molecule has 0 aliphatic heterocycles. The Labute approximate surface area is 78.2 Å². The summed E-state index contributed by atoms with van der Waals surface area (Å²) in [7, 11) is 0. The molecule has 0 amide bonds. The van der Waals surface area contributed by atoms with E-state index >= 15 is 0 Å². The molecule has 0 heterocycles. The van der Waals surface area contributed by atoms with Crippen LogP contribution in [0.3, 0.4) is 0 Å². The summed E-state index contributed by atoms with van der Waals surface area (Å²) < 4.78 is 0. The van der Waals surface area contributed by atoms with Crippen LogP contribution in [-0.4, -0.2) is 11.7 Å². The molecule has 4 heteroatoms. The Bertz CT molecular complexity index is 30.5. The Morgan fingerprint density at radius 3 is 1.71 bits per heavy atom. The van der Waals surface area contributed by atoms with Crippen LogP contribution in [-0.2, 0) is 17.1 Å². The average molecular weight is 152 g/mol. The molecule has 0 rings (SSSR count). The molecule has 0 aromatic carbocycles. The normalized spacial score (nSPS) is 2.86. The molecule has 0 spiro atoms. The van der Waals surface area contributed by atoms with Crippen molar-refractivity contribution in [2.45, 2.75) is 6.92 Å². The van der Waals surface area contributed by atoms with E-state index in [2.05, 4.69) is 0 Å². The van der Waals surface area contributed by atoms with E-state index in [9.17, 15) is 0 Å². The van der Waals surface area contributed by atoms with Gasteiger partial charge in [-0.15, -0.1) is 0 Å². The summed E-state index contributed by atoms with van der Waals surface area (Å²) in [4.78, 5) is 0. The van der Waals surface area contributed by atoms with Crippen LogP contribution in [0, 0.1) is 11.8 Å². The first-order valence-electron chi connectivity index (χ1n) is 1.25. The van der Waals surface area contributed by atoms with Crippen LogP contribution < -0.4 is 29.6 Å². The van der Waals surface area contributed by atoms with Gasteiger partial charge in [0.15, 0.2) is 0 Å². The fourth-order valence-corrected chi connectivity index (χ4v) is 0. The standard InChI is InChI=1S/C2H6O.CN.Fe.Na.H/c1-2-3;1-2;;;/h3H,2H2,1H3;;;;/q;-1;;+1;-1. The molecule has 0 aliphatic carbocycles. The Hall–Kier alpha value is 0.969. The van der Waals surface area contributed by atoms with Crippen molar-refractivity contribution in [3.63, 3.8) is 0 Å². The first-order chi connectivity index (χ1) is 2.41. The van der Waals surface area contributed by atoms with Crippen LogP contribution in [0.1, 0.15) is 8.35 Å². The average Bonchev–Trinajstić information content (AvgIpc) is 1.46. The number of hydrogen-bond donors (Lipinski definition) is 1. The summed E-state index contributed by atoms with van der Waals surface area (Å²) in [5, 5.41) is 13.8. The van der Waals surface area contributed by atoms with Gasteiger partial charge in [0.2, 0.25) is 0 Å². The molecule has 0 radical (unpaired) electrons. The third-order valence-corrected chi connectivity index (χ3v) is 0. The van der Waals surface area contributed by atoms with E-state index in [-0.39, 0.29) is 54.7 Å². The molecule has 0 aliphatic rings. The van der Waals surface area contributed by atoms with Crippen LogP contribution in [0.25, 0.3) is 0 Å². The maximum absolute atomic E-state index is 7.57. The first kappa shape index (κ1) is 24.6. The minimum Gasteiger partial charge on any atom is -1.00 e. The second kappa shape index (κ2) is 64.0. The number of rotatable bonds is 0. The van der Waals surface area contributed by atoms with Crippen molar-refractivity contribution in [3.8, 4) is 0 Å². The molecule has 1 N–H and O–H groups in total. The van der Waals surface area contributed by atoms with Crippen molar-refractivity contribution in [2.75, 3.05) is 6.61 Å². The minimum absolute atomic E-state index is 0. The first-order valence-corrected chi connectivity index (χ1v) is 1.25. The molecule has 0 saturated carbocycles. The second-order valence-electron chi connectivity index (χ2n) is 0.316. The zero-order valence-electron chi connectivity index (χ0n) is 5.46. The van der Waals surface area contributed by atoms with Crippen molar-refractivity contribution in [2.24, 2.45) is 0 Å². The van der Waals surface area contributed by atoms with Crippen LogP contribution in [0.2, 0.25) is 0 Å². The van der Waals surface area contributed by atoms with Crippen molar-refractivity contribution < 1.29 is 53.2 Å². The van der Waals surface area contributed by atoms with E-state index in [0.29, 0.717) is 0 Å². The molecule has 0 bridgehead atoms. The van der Waals surface area contributed by atoms with Gasteiger partial charge in [-0.1, -0.05) is 0 Å². The second-order valence-corrected chi connectivity index (χ2v) is 0.316. The number of hydrogen-bond acceptors (Lipinski definition) is 2. The molecule has 0 aromatic heterocycles. The molecular weight excluding hydrogens is 145 g/mol. The van der Waals surface area contributed by atoms with Gasteiger partial charge in [-0.25, -0.2) is 0 Å². The molecule has 0 fully saturated rings. The zero-order valence-corrected chi connectivity index (χ0v) is 7.56. The maximum atomic E-state index is 7.57. The molecular formula is C3H7FeNNaO-. The van der Waals surface area contributed by atoms with Gasteiger partial charge in [-0.05, 0) is 6.92 Å². The van der Waals surface area contributed by atoms with E-state index in [1.165, 1.54) is 0 Å². The molecule has 0 aromatic rings. The summed E-state index contributed by atoms with van der Waals surface area (Å²) in [6.07, 6.45) is 0. The summed E-state index contributed by atoms with van der Waals surface area (Å²) in [5.74, 6) is 0. The molecule has 7 heavy (non-hydrogen) atoms. The van der Waals surface area contributed by atoms with Gasteiger partial charge in [0.25, 0.3) is 0 Å². The van der Waals surface area contributed by atoms with E-state index in [1.807, 2.05) is 0 Å². The van der Waals surface area contributed by atoms with Gasteiger partial charge in [-0.3, -0.25) is 0 Å². The largest absolute Gasteiger partial charge is 1.00 e. The fourth-order valence-electron chi connectivity index (χ4n) is 0.